The van der Waals surface area contributed by atoms with Crippen molar-refractivity contribution >= 4 is 0 Å². The Kier molecular flexibility index (Phi) is 4.53. The summed E-state index contributed by atoms with van der Waals surface area (Å²) in [7, 11) is 0. The first kappa shape index (κ1) is 14.1. The van der Waals surface area contributed by atoms with E-state index in [2.05, 4.69) is 23.5 Å². The van der Waals surface area contributed by atoms with Gasteiger partial charge in [0.1, 0.15) is 5.75 Å². The highest BCUT2D eigenvalue weighted by molar-refractivity contribution is 5.39. The molecule has 3 nitrogen and oxygen atoms in total. The molecule has 2 aromatic carbocycles. The van der Waals surface area contributed by atoms with E-state index >= 15 is 0 Å². The molecule has 0 aromatic heterocycles. The summed E-state index contributed by atoms with van der Waals surface area (Å²) in [5.41, 5.74) is 3.76. The van der Waals surface area contributed by atoms with Gasteiger partial charge in [0.2, 0.25) is 0 Å². The van der Waals surface area contributed by atoms with Gasteiger partial charge in [0, 0.05) is 6.42 Å². The number of aliphatic hydroxyl groups excluding tert-OH is 1. The van der Waals surface area contributed by atoms with Crippen LogP contribution in [0.3, 0.4) is 0 Å². The summed E-state index contributed by atoms with van der Waals surface area (Å²) in [5, 5.41) is 12.9. The zero-order valence-electron chi connectivity index (χ0n) is 12.1. The topological polar surface area (TPSA) is 41.5 Å². The van der Waals surface area contributed by atoms with Crippen LogP contribution in [0.5, 0.6) is 5.75 Å². The van der Waals surface area contributed by atoms with E-state index in [1.54, 1.807) is 0 Å². The van der Waals surface area contributed by atoms with Gasteiger partial charge in [-0.25, -0.2) is 0 Å². The molecular formula is C18H21NO2. The van der Waals surface area contributed by atoms with Gasteiger partial charge < -0.3 is 15.2 Å². The summed E-state index contributed by atoms with van der Waals surface area (Å²) in [6, 6.07) is 16.5. The van der Waals surface area contributed by atoms with Crippen molar-refractivity contribution in [2.45, 2.75) is 18.9 Å². The molecule has 3 rings (SSSR count). The molecule has 0 saturated heterocycles. The summed E-state index contributed by atoms with van der Waals surface area (Å²) in [5.74, 6) is 1.03. The quantitative estimate of drug-likeness (QED) is 0.856. The summed E-state index contributed by atoms with van der Waals surface area (Å²) < 4.78 is 5.52. The molecule has 110 valence electrons. The Morgan fingerprint density at radius 2 is 2.00 bits per heavy atom. The third kappa shape index (κ3) is 3.43. The molecule has 0 aliphatic carbocycles. The smallest absolute Gasteiger partial charge is 0.122 e. The molecule has 3 heteroatoms. The maximum atomic E-state index is 9.52. The minimum atomic E-state index is 0.00367. The molecule has 0 bridgehead atoms. The van der Waals surface area contributed by atoms with Crippen LogP contribution in [0, 0.1) is 0 Å². The molecule has 2 aromatic rings. The number of aliphatic hydroxyl groups is 1. The Morgan fingerprint density at radius 3 is 2.81 bits per heavy atom. The van der Waals surface area contributed by atoms with Crippen LogP contribution in [0.25, 0.3) is 0 Å². The van der Waals surface area contributed by atoms with Crippen molar-refractivity contribution < 1.29 is 9.84 Å². The lowest BCUT2D eigenvalue weighted by atomic mass is 10.1. The molecule has 0 fully saturated rings. The maximum absolute atomic E-state index is 9.52. The van der Waals surface area contributed by atoms with Gasteiger partial charge in [-0.2, -0.15) is 0 Å². The van der Waals surface area contributed by atoms with E-state index in [0.29, 0.717) is 0 Å². The molecule has 1 heterocycles. The second-order valence-corrected chi connectivity index (χ2v) is 5.39. The summed E-state index contributed by atoms with van der Waals surface area (Å²) in [6.45, 7) is 1.76. The number of rotatable bonds is 6. The Labute approximate surface area is 125 Å². The highest BCUT2D eigenvalue weighted by Crippen LogP contribution is 2.26. The predicted molar refractivity (Wildman–Crippen MR) is 83.6 cm³/mol. The number of nitrogens with one attached hydrogen (secondary N) is 1. The lowest BCUT2D eigenvalue weighted by Gasteiger charge is -2.16. The molecule has 0 spiro atoms. The zero-order valence-corrected chi connectivity index (χ0v) is 12.1. The summed E-state index contributed by atoms with van der Waals surface area (Å²) >= 11 is 0. The van der Waals surface area contributed by atoms with Gasteiger partial charge in [-0.1, -0.05) is 42.5 Å². The van der Waals surface area contributed by atoms with Crippen LogP contribution in [-0.2, 0) is 12.8 Å². The van der Waals surface area contributed by atoms with Crippen molar-refractivity contribution in [1.82, 2.24) is 5.32 Å². The molecule has 1 aliphatic rings. The third-order valence-electron chi connectivity index (χ3n) is 3.94. The lowest BCUT2D eigenvalue weighted by Crippen LogP contribution is -2.26. The average Bonchev–Trinajstić information content (AvgIpc) is 3.00. The molecular weight excluding hydrogens is 262 g/mol. The van der Waals surface area contributed by atoms with Crippen LogP contribution in [0.2, 0.25) is 0 Å². The van der Waals surface area contributed by atoms with E-state index < -0.39 is 0 Å². The van der Waals surface area contributed by atoms with Gasteiger partial charge in [0.15, 0.2) is 0 Å². The fourth-order valence-electron chi connectivity index (χ4n) is 2.76. The van der Waals surface area contributed by atoms with Gasteiger partial charge in [-0.3, -0.25) is 0 Å². The highest BCUT2D eigenvalue weighted by Gasteiger charge is 2.12. The van der Waals surface area contributed by atoms with Crippen LogP contribution in [0.1, 0.15) is 22.7 Å². The van der Waals surface area contributed by atoms with Gasteiger partial charge in [0.25, 0.3) is 0 Å². The first-order valence-corrected chi connectivity index (χ1v) is 7.50. The molecule has 1 unspecified atom stereocenters. The monoisotopic (exact) mass is 283 g/mol. The van der Waals surface area contributed by atoms with E-state index in [-0.39, 0.29) is 12.6 Å². The Bertz CT molecular complexity index is 583. The number of hydrogen-bond acceptors (Lipinski definition) is 3. The molecule has 0 radical (unpaired) electrons. The Balaban J connectivity index is 1.55. The van der Waals surface area contributed by atoms with Crippen molar-refractivity contribution in [2.75, 3.05) is 19.8 Å². The number of benzene rings is 2. The molecule has 21 heavy (non-hydrogen) atoms. The largest absolute Gasteiger partial charge is 0.493 e. The van der Waals surface area contributed by atoms with Gasteiger partial charge in [-0.05, 0) is 35.7 Å². The fourth-order valence-corrected chi connectivity index (χ4v) is 2.76. The van der Waals surface area contributed by atoms with Crippen molar-refractivity contribution in [3.63, 3.8) is 0 Å². The standard InChI is InChI=1S/C18H21NO2/c20-13-17(15-4-2-1-3-5-15)19-10-8-14-6-7-18-16(12-14)9-11-21-18/h1-7,12,17,19-20H,8-11,13H2. The van der Waals surface area contributed by atoms with Crippen LogP contribution in [0.15, 0.2) is 48.5 Å². The van der Waals surface area contributed by atoms with Crippen molar-refractivity contribution in [3.8, 4) is 5.75 Å². The van der Waals surface area contributed by atoms with Gasteiger partial charge in [-0.15, -0.1) is 0 Å². The lowest BCUT2D eigenvalue weighted by molar-refractivity contribution is 0.245. The Morgan fingerprint density at radius 1 is 1.14 bits per heavy atom. The van der Waals surface area contributed by atoms with Crippen LogP contribution in [-0.4, -0.2) is 24.9 Å². The van der Waals surface area contributed by atoms with E-state index in [4.69, 9.17) is 4.74 Å². The van der Waals surface area contributed by atoms with E-state index in [9.17, 15) is 5.11 Å². The van der Waals surface area contributed by atoms with Crippen molar-refractivity contribution in [2.24, 2.45) is 0 Å². The second-order valence-electron chi connectivity index (χ2n) is 5.39. The van der Waals surface area contributed by atoms with Gasteiger partial charge in [0.05, 0.1) is 19.3 Å². The molecule has 1 aliphatic heterocycles. The van der Waals surface area contributed by atoms with E-state index in [1.807, 2.05) is 30.3 Å². The molecule has 1 atom stereocenters. The molecule has 0 amide bonds. The van der Waals surface area contributed by atoms with Gasteiger partial charge >= 0.3 is 0 Å². The second kappa shape index (κ2) is 6.74. The number of ether oxygens (including phenoxy) is 1. The predicted octanol–water partition coefficient (Wildman–Crippen LogP) is 2.49. The minimum absolute atomic E-state index is 0.00367. The van der Waals surface area contributed by atoms with Crippen LogP contribution >= 0.6 is 0 Å². The molecule has 2 N–H and O–H groups in total. The highest BCUT2D eigenvalue weighted by atomic mass is 16.5. The fraction of sp³-hybridized carbons (Fsp3) is 0.333. The molecule has 0 saturated carbocycles. The van der Waals surface area contributed by atoms with E-state index in [1.165, 1.54) is 11.1 Å². The van der Waals surface area contributed by atoms with Crippen LogP contribution < -0.4 is 10.1 Å². The van der Waals surface area contributed by atoms with E-state index in [0.717, 1.165) is 37.3 Å². The van der Waals surface area contributed by atoms with Crippen molar-refractivity contribution in [1.29, 1.82) is 0 Å². The number of fused-ring (bicyclic) bond motifs is 1. The maximum Gasteiger partial charge on any atom is 0.122 e. The van der Waals surface area contributed by atoms with Crippen molar-refractivity contribution in [3.05, 3.63) is 65.2 Å². The SMILES string of the molecule is OCC(NCCc1ccc2c(c1)CCO2)c1ccccc1. The summed E-state index contributed by atoms with van der Waals surface area (Å²) in [4.78, 5) is 0. The third-order valence-corrected chi connectivity index (χ3v) is 3.94. The summed E-state index contributed by atoms with van der Waals surface area (Å²) in [6.07, 6.45) is 1.97. The number of hydrogen-bond donors (Lipinski definition) is 2. The normalized spacial score (nSPS) is 14.5. The minimum Gasteiger partial charge on any atom is -0.493 e. The first-order valence-electron chi connectivity index (χ1n) is 7.50. The average molecular weight is 283 g/mol. The first-order chi connectivity index (χ1) is 10.4. The Hall–Kier alpha value is -1.84. The zero-order chi connectivity index (χ0) is 14.5. The van der Waals surface area contributed by atoms with Crippen LogP contribution in [0.4, 0.5) is 0 Å².